The molecule has 0 bridgehead atoms. The summed E-state index contributed by atoms with van der Waals surface area (Å²) in [7, 11) is 1.67. The van der Waals surface area contributed by atoms with E-state index in [4.69, 9.17) is 4.74 Å². The lowest BCUT2D eigenvalue weighted by Crippen LogP contribution is -2.44. The Morgan fingerprint density at radius 3 is 2.85 bits per heavy atom. The molecule has 2 heterocycles. The summed E-state index contributed by atoms with van der Waals surface area (Å²) in [4.78, 5) is 0. The molecule has 1 aromatic heterocycles. The van der Waals surface area contributed by atoms with E-state index >= 15 is 0 Å². The number of rotatable bonds is 3. The van der Waals surface area contributed by atoms with Gasteiger partial charge in [0.25, 0.3) is 0 Å². The zero-order valence-electron chi connectivity index (χ0n) is 7.95. The molecule has 1 aliphatic heterocycles. The molecule has 1 fully saturated rings. The minimum atomic E-state index is 0.514. The molecule has 0 unspecified atom stereocenters. The van der Waals surface area contributed by atoms with Crippen LogP contribution in [0.1, 0.15) is 17.7 Å². The van der Waals surface area contributed by atoms with Crippen molar-refractivity contribution in [2.75, 3.05) is 20.2 Å². The van der Waals surface area contributed by atoms with Crippen molar-refractivity contribution in [3.8, 4) is 0 Å². The predicted octanol–water partition coefficient (Wildman–Crippen LogP) is -0.123. The fourth-order valence-electron chi connectivity index (χ4n) is 1.57. The Bertz CT molecular complexity index is 292. The first kappa shape index (κ1) is 8.65. The molecule has 1 saturated heterocycles. The summed E-state index contributed by atoms with van der Waals surface area (Å²) in [6.07, 6.45) is 0. The minimum absolute atomic E-state index is 0.514. The molecule has 0 radical (unpaired) electrons. The van der Waals surface area contributed by atoms with Gasteiger partial charge in [0.15, 0.2) is 5.82 Å². The van der Waals surface area contributed by atoms with Crippen molar-refractivity contribution in [3.63, 3.8) is 0 Å². The molecule has 0 spiro atoms. The Labute approximate surface area is 77.1 Å². The van der Waals surface area contributed by atoms with Gasteiger partial charge >= 0.3 is 0 Å². The SMILES string of the molecule is COCc1nnc(C)n1C1CNC1. The summed E-state index contributed by atoms with van der Waals surface area (Å²) in [6, 6.07) is 0.514. The van der Waals surface area contributed by atoms with Crippen molar-refractivity contribution in [3.05, 3.63) is 11.6 Å². The van der Waals surface area contributed by atoms with E-state index in [1.54, 1.807) is 7.11 Å². The van der Waals surface area contributed by atoms with E-state index in [2.05, 4.69) is 20.1 Å². The Morgan fingerprint density at radius 1 is 1.54 bits per heavy atom. The maximum atomic E-state index is 5.06. The molecular weight excluding hydrogens is 168 g/mol. The number of aromatic nitrogens is 3. The second kappa shape index (κ2) is 3.43. The van der Waals surface area contributed by atoms with Gasteiger partial charge in [0.2, 0.25) is 0 Å². The molecule has 0 atom stereocenters. The maximum Gasteiger partial charge on any atom is 0.159 e. The van der Waals surface area contributed by atoms with Crippen molar-refractivity contribution in [1.29, 1.82) is 0 Å². The molecule has 0 saturated carbocycles. The predicted molar refractivity (Wildman–Crippen MR) is 47.4 cm³/mol. The van der Waals surface area contributed by atoms with E-state index in [1.165, 1.54) is 0 Å². The molecule has 0 aliphatic carbocycles. The molecule has 1 aromatic rings. The number of hydrogen-bond acceptors (Lipinski definition) is 4. The standard InChI is InChI=1S/C8H14N4O/c1-6-10-11-8(5-13-2)12(6)7-3-9-4-7/h7,9H,3-5H2,1-2H3. The Balaban J connectivity index is 2.23. The van der Waals surface area contributed by atoms with E-state index in [-0.39, 0.29) is 0 Å². The van der Waals surface area contributed by atoms with Crippen LogP contribution < -0.4 is 5.32 Å². The molecule has 5 heteroatoms. The van der Waals surface area contributed by atoms with Gasteiger partial charge in [-0.15, -0.1) is 10.2 Å². The maximum absolute atomic E-state index is 5.06. The van der Waals surface area contributed by atoms with Crippen LogP contribution in [0.4, 0.5) is 0 Å². The van der Waals surface area contributed by atoms with Crippen LogP contribution in [-0.2, 0) is 11.3 Å². The Kier molecular flexibility index (Phi) is 2.28. The Hall–Kier alpha value is -0.940. The second-order valence-corrected chi connectivity index (χ2v) is 3.28. The number of aryl methyl sites for hydroxylation is 1. The summed E-state index contributed by atoms with van der Waals surface area (Å²) in [6.45, 7) is 4.53. The van der Waals surface area contributed by atoms with Gasteiger partial charge in [-0.2, -0.15) is 0 Å². The van der Waals surface area contributed by atoms with Crippen molar-refractivity contribution in [2.24, 2.45) is 0 Å². The van der Waals surface area contributed by atoms with Gasteiger partial charge in [0.05, 0.1) is 6.04 Å². The molecule has 2 rings (SSSR count). The van der Waals surface area contributed by atoms with E-state index in [0.717, 1.165) is 24.7 Å². The van der Waals surface area contributed by atoms with Crippen molar-refractivity contribution in [1.82, 2.24) is 20.1 Å². The molecule has 13 heavy (non-hydrogen) atoms. The topological polar surface area (TPSA) is 52.0 Å². The van der Waals surface area contributed by atoms with Gasteiger partial charge in [0.1, 0.15) is 12.4 Å². The molecule has 1 aliphatic rings. The van der Waals surface area contributed by atoms with E-state index < -0.39 is 0 Å². The van der Waals surface area contributed by atoms with Gasteiger partial charge in [-0.05, 0) is 6.92 Å². The Morgan fingerprint density at radius 2 is 2.31 bits per heavy atom. The first-order chi connectivity index (χ1) is 6.33. The van der Waals surface area contributed by atoms with Crippen LogP contribution in [0.2, 0.25) is 0 Å². The second-order valence-electron chi connectivity index (χ2n) is 3.28. The number of hydrogen-bond donors (Lipinski definition) is 1. The van der Waals surface area contributed by atoms with Gasteiger partial charge < -0.3 is 14.6 Å². The van der Waals surface area contributed by atoms with Crippen molar-refractivity contribution < 1.29 is 4.74 Å². The zero-order valence-corrected chi connectivity index (χ0v) is 7.95. The van der Waals surface area contributed by atoms with Gasteiger partial charge in [-0.25, -0.2) is 0 Å². The lowest BCUT2D eigenvalue weighted by Gasteiger charge is -2.30. The first-order valence-electron chi connectivity index (χ1n) is 4.43. The van der Waals surface area contributed by atoms with Crippen LogP contribution in [0.15, 0.2) is 0 Å². The summed E-state index contributed by atoms with van der Waals surface area (Å²) < 4.78 is 7.21. The van der Waals surface area contributed by atoms with Crippen LogP contribution in [0.5, 0.6) is 0 Å². The third-order valence-corrected chi connectivity index (χ3v) is 2.34. The van der Waals surface area contributed by atoms with Gasteiger partial charge in [-0.3, -0.25) is 0 Å². The third-order valence-electron chi connectivity index (χ3n) is 2.34. The molecule has 0 aromatic carbocycles. The largest absolute Gasteiger partial charge is 0.377 e. The average molecular weight is 182 g/mol. The van der Waals surface area contributed by atoms with Crippen LogP contribution >= 0.6 is 0 Å². The molecule has 1 N–H and O–H groups in total. The highest BCUT2D eigenvalue weighted by Crippen LogP contribution is 2.16. The van der Waals surface area contributed by atoms with Crippen LogP contribution in [0.25, 0.3) is 0 Å². The van der Waals surface area contributed by atoms with Gasteiger partial charge in [-0.1, -0.05) is 0 Å². The number of methoxy groups -OCH3 is 1. The average Bonchev–Trinajstić information content (AvgIpc) is 2.34. The quantitative estimate of drug-likeness (QED) is 0.708. The monoisotopic (exact) mass is 182 g/mol. The van der Waals surface area contributed by atoms with Crippen LogP contribution in [0.3, 0.4) is 0 Å². The third kappa shape index (κ3) is 1.45. The minimum Gasteiger partial charge on any atom is -0.377 e. The summed E-state index contributed by atoms with van der Waals surface area (Å²) in [5, 5.41) is 11.3. The first-order valence-corrected chi connectivity index (χ1v) is 4.43. The summed E-state index contributed by atoms with van der Waals surface area (Å²) in [5.41, 5.74) is 0. The number of nitrogens with one attached hydrogen (secondary N) is 1. The molecule has 5 nitrogen and oxygen atoms in total. The number of ether oxygens (including phenoxy) is 1. The fourth-order valence-corrected chi connectivity index (χ4v) is 1.57. The molecular formula is C8H14N4O. The van der Waals surface area contributed by atoms with E-state index in [9.17, 15) is 0 Å². The number of nitrogens with zero attached hydrogens (tertiary/aromatic N) is 3. The molecule has 72 valence electrons. The molecule has 0 amide bonds. The summed E-state index contributed by atoms with van der Waals surface area (Å²) >= 11 is 0. The highest BCUT2D eigenvalue weighted by molar-refractivity contribution is 4.99. The highest BCUT2D eigenvalue weighted by atomic mass is 16.5. The van der Waals surface area contributed by atoms with Crippen LogP contribution in [0, 0.1) is 6.92 Å². The van der Waals surface area contributed by atoms with Crippen molar-refractivity contribution in [2.45, 2.75) is 19.6 Å². The van der Waals surface area contributed by atoms with E-state index in [0.29, 0.717) is 12.6 Å². The van der Waals surface area contributed by atoms with Crippen LogP contribution in [-0.4, -0.2) is 35.0 Å². The highest BCUT2D eigenvalue weighted by Gasteiger charge is 2.23. The normalized spacial score (nSPS) is 17.4. The lowest BCUT2D eigenvalue weighted by molar-refractivity contribution is 0.168. The summed E-state index contributed by atoms with van der Waals surface area (Å²) in [5.74, 6) is 1.89. The fraction of sp³-hybridized carbons (Fsp3) is 0.750. The van der Waals surface area contributed by atoms with E-state index in [1.807, 2.05) is 6.92 Å². The smallest absolute Gasteiger partial charge is 0.159 e. The lowest BCUT2D eigenvalue weighted by atomic mass is 10.2. The van der Waals surface area contributed by atoms with Crippen molar-refractivity contribution >= 4 is 0 Å². The van der Waals surface area contributed by atoms with Gasteiger partial charge in [0, 0.05) is 20.2 Å². The zero-order chi connectivity index (χ0) is 9.26.